The summed E-state index contributed by atoms with van der Waals surface area (Å²) in [5.41, 5.74) is 1.00. The number of halogens is 1. The van der Waals surface area contributed by atoms with Crippen LogP contribution in [0.3, 0.4) is 0 Å². The van der Waals surface area contributed by atoms with Gasteiger partial charge >= 0.3 is 0 Å². The van der Waals surface area contributed by atoms with Crippen molar-refractivity contribution in [2.45, 2.75) is 23.1 Å². The molecule has 0 saturated carbocycles. The molecular formula is C14H13FO3S. The summed E-state index contributed by atoms with van der Waals surface area (Å²) in [6.07, 6.45) is 0.800. The van der Waals surface area contributed by atoms with Crippen LogP contribution in [0.1, 0.15) is 12.5 Å². The molecule has 0 aromatic heterocycles. The van der Waals surface area contributed by atoms with Gasteiger partial charge in [0.25, 0.3) is 0 Å². The molecule has 0 aliphatic heterocycles. The fourth-order valence-corrected chi connectivity index (χ4v) is 3.05. The van der Waals surface area contributed by atoms with Crippen LogP contribution in [-0.2, 0) is 16.3 Å². The monoisotopic (exact) mass is 280 g/mol. The standard InChI is InChI=1S/C14H13FO3S/c1-2-10-3-6-12(7-4-10)19(17,18)14-8-5-11(16)9-13(14)15/h3-9,16H,2H2,1H3. The summed E-state index contributed by atoms with van der Waals surface area (Å²) in [6.45, 7) is 1.96. The molecule has 0 atom stereocenters. The highest BCUT2D eigenvalue weighted by molar-refractivity contribution is 7.91. The number of phenols is 1. The molecule has 0 amide bonds. The van der Waals surface area contributed by atoms with E-state index in [0.29, 0.717) is 0 Å². The first kappa shape index (κ1) is 13.5. The third kappa shape index (κ3) is 2.61. The van der Waals surface area contributed by atoms with Crippen LogP contribution in [0.25, 0.3) is 0 Å². The lowest BCUT2D eigenvalue weighted by Gasteiger charge is -2.07. The number of rotatable bonds is 3. The van der Waals surface area contributed by atoms with E-state index in [1.165, 1.54) is 12.1 Å². The molecule has 1 N–H and O–H groups in total. The van der Waals surface area contributed by atoms with E-state index in [1.807, 2.05) is 6.92 Å². The lowest BCUT2D eigenvalue weighted by Crippen LogP contribution is -2.04. The van der Waals surface area contributed by atoms with Crippen LogP contribution in [0.2, 0.25) is 0 Å². The average molecular weight is 280 g/mol. The summed E-state index contributed by atoms with van der Waals surface area (Å²) in [5, 5.41) is 9.11. The first-order valence-corrected chi connectivity index (χ1v) is 7.26. The molecule has 2 aromatic carbocycles. The molecule has 0 unspecified atom stereocenters. The quantitative estimate of drug-likeness (QED) is 0.940. The third-order valence-electron chi connectivity index (χ3n) is 2.85. The number of benzene rings is 2. The fourth-order valence-electron chi connectivity index (χ4n) is 1.74. The van der Waals surface area contributed by atoms with E-state index in [9.17, 15) is 12.8 Å². The van der Waals surface area contributed by atoms with Crippen LogP contribution < -0.4 is 0 Å². The Morgan fingerprint density at radius 2 is 1.74 bits per heavy atom. The van der Waals surface area contributed by atoms with E-state index in [0.717, 1.165) is 30.2 Å². The Balaban J connectivity index is 2.52. The van der Waals surface area contributed by atoms with Crippen molar-refractivity contribution in [3.63, 3.8) is 0 Å². The predicted octanol–water partition coefficient (Wildman–Crippen LogP) is 2.93. The van der Waals surface area contributed by atoms with Crippen LogP contribution in [-0.4, -0.2) is 13.5 Å². The maximum Gasteiger partial charge on any atom is 0.209 e. The van der Waals surface area contributed by atoms with E-state index < -0.39 is 20.5 Å². The second-order valence-electron chi connectivity index (χ2n) is 4.12. The molecule has 100 valence electrons. The normalized spacial score (nSPS) is 11.5. The van der Waals surface area contributed by atoms with Crippen molar-refractivity contribution in [3.8, 4) is 5.75 Å². The largest absolute Gasteiger partial charge is 0.508 e. The summed E-state index contributed by atoms with van der Waals surface area (Å²) in [6, 6.07) is 9.31. The number of aromatic hydroxyl groups is 1. The molecule has 2 aromatic rings. The van der Waals surface area contributed by atoms with Gasteiger partial charge in [0.2, 0.25) is 9.84 Å². The average Bonchev–Trinajstić information content (AvgIpc) is 2.38. The summed E-state index contributed by atoms with van der Waals surface area (Å²) in [4.78, 5) is -0.399. The van der Waals surface area contributed by atoms with Crippen LogP contribution in [0.5, 0.6) is 5.75 Å². The van der Waals surface area contributed by atoms with Gasteiger partial charge in [-0.05, 0) is 36.2 Å². The van der Waals surface area contributed by atoms with Crippen molar-refractivity contribution in [2.24, 2.45) is 0 Å². The van der Waals surface area contributed by atoms with Gasteiger partial charge in [-0.1, -0.05) is 19.1 Å². The number of phenolic OH excluding ortho intramolecular Hbond substituents is 1. The lowest BCUT2D eigenvalue weighted by atomic mass is 10.2. The second-order valence-corrected chi connectivity index (χ2v) is 6.03. The predicted molar refractivity (Wildman–Crippen MR) is 69.3 cm³/mol. The summed E-state index contributed by atoms with van der Waals surface area (Å²) >= 11 is 0. The Bertz CT molecular complexity index is 691. The van der Waals surface area contributed by atoms with Gasteiger partial charge in [0, 0.05) is 6.07 Å². The number of sulfone groups is 1. The molecule has 0 fully saturated rings. The summed E-state index contributed by atoms with van der Waals surface area (Å²) in [7, 11) is -3.90. The highest BCUT2D eigenvalue weighted by Gasteiger charge is 2.21. The van der Waals surface area contributed by atoms with Crippen LogP contribution in [0.4, 0.5) is 4.39 Å². The van der Waals surface area contributed by atoms with Gasteiger partial charge in [-0.3, -0.25) is 0 Å². The molecule has 19 heavy (non-hydrogen) atoms. The lowest BCUT2D eigenvalue weighted by molar-refractivity contribution is 0.466. The summed E-state index contributed by atoms with van der Waals surface area (Å²) < 4.78 is 38.1. The van der Waals surface area contributed by atoms with Crippen molar-refractivity contribution in [1.29, 1.82) is 0 Å². The molecule has 0 spiro atoms. The second kappa shape index (κ2) is 5.01. The van der Waals surface area contributed by atoms with Gasteiger partial charge in [-0.15, -0.1) is 0 Å². The number of hydrogen-bond donors (Lipinski definition) is 1. The molecular weight excluding hydrogens is 267 g/mol. The molecule has 0 saturated heterocycles. The molecule has 0 aliphatic rings. The Hall–Kier alpha value is -1.88. The van der Waals surface area contributed by atoms with Crippen LogP contribution >= 0.6 is 0 Å². The Morgan fingerprint density at radius 3 is 2.26 bits per heavy atom. The zero-order chi connectivity index (χ0) is 14.0. The Labute approximate surface area is 111 Å². The first-order valence-electron chi connectivity index (χ1n) is 5.77. The molecule has 0 radical (unpaired) electrons. The first-order chi connectivity index (χ1) is 8.95. The van der Waals surface area contributed by atoms with Crippen LogP contribution in [0.15, 0.2) is 52.3 Å². The zero-order valence-corrected chi connectivity index (χ0v) is 11.1. The minimum absolute atomic E-state index is 0.0364. The molecule has 0 aliphatic carbocycles. The molecule has 0 heterocycles. The third-order valence-corrected chi connectivity index (χ3v) is 4.65. The van der Waals surface area contributed by atoms with Gasteiger partial charge < -0.3 is 5.11 Å². The molecule has 0 bridgehead atoms. The number of hydrogen-bond acceptors (Lipinski definition) is 3. The minimum atomic E-state index is -3.90. The van der Waals surface area contributed by atoms with E-state index in [-0.39, 0.29) is 10.6 Å². The van der Waals surface area contributed by atoms with E-state index in [1.54, 1.807) is 12.1 Å². The van der Waals surface area contributed by atoms with Gasteiger partial charge in [-0.25, -0.2) is 12.8 Å². The maximum atomic E-state index is 13.6. The highest BCUT2D eigenvalue weighted by atomic mass is 32.2. The zero-order valence-electron chi connectivity index (χ0n) is 10.3. The van der Waals surface area contributed by atoms with Gasteiger partial charge in [-0.2, -0.15) is 0 Å². The summed E-state index contributed by atoms with van der Waals surface area (Å²) in [5.74, 6) is -1.27. The van der Waals surface area contributed by atoms with Crippen molar-refractivity contribution in [3.05, 3.63) is 53.8 Å². The van der Waals surface area contributed by atoms with E-state index in [4.69, 9.17) is 5.11 Å². The van der Waals surface area contributed by atoms with E-state index in [2.05, 4.69) is 0 Å². The maximum absolute atomic E-state index is 13.6. The van der Waals surface area contributed by atoms with Crippen molar-refractivity contribution in [2.75, 3.05) is 0 Å². The molecule has 3 nitrogen and oxygen atoms in total. The van der Waals surface area contributed by atoms with Gasteiger partial charge in [0.1, 0.15) is 16.5 Å². The van der Waals surface area contributed by atoms with E-state index >= 15 is 0 Å². The van der Waals surface area contributed by atoms with Crippen molar-refractivity contribution >= 4 is 9.84 Å². The van der Waals surface area contributed by atoms with Crippen molar-refractivity contribution in [1.82, 2.24) is 0 Å². The SMILES string of the molecule is CCc1ccc(S(=O)(=O)c2ccc(O)cc2F)cc1. The minimum Gasteiger partial charge on any atom is -0.508 e. The van der Waals surface area contributed by atoms with Crippen LogP contribution in [0, 0.1) is 5.82 Å². The molecule has 5 heteroatoms. The fraction of sp³-hybridized carbons (Fsp3) is 0.143. The van der Waals surface area contributed by atoms with Crippen molar-refractivity contribution < 1.29 is 17.9 Å². The number of aryl methyl sites for hydroxylation is 1. The molecule has 2 rings (SSSR count). The highest BCUT2D eigenvalue weighted by Crippen LogP contribution is 2.26. The van der Waals surface area contributed by atoms with Gasteiger partial charge in [0.05, 0.1) is 4.90 Å². The Kier molecular flexibility index (Phi) is 3.57. The van der Waals surface area contributed by atoms with Gasteiger partial charge in [0.15, 0.2) is 0 Å². The topological polar surface area (TPSA) is 54.4 Å². The smallest absolute Gasteiger partial charge is 0.209 e. The Morgan fingerprint density at radius 1 is 1.11 bits per heavy atom.